The van der Waals surface area contributed by atoms with Gasteiger partial charge in [0.2, 0.25) is 0 Å². The molecule has 2 saturated heterocycles. The lowest BCUT2D eigenvalue weighted by atomic mass is 9.81. The van der Waals surface area contributed by atoms with Gasteiger partial charge in [-0.05, 0) is 37.5 Å². The molecule has 2 nitrogen and oxygen atoms in total. The van der Waals surface area contributed by atoms with Gasteiger partial charge in [0.1, 0.15) is 6.10 Å². The summed E-state index contributed by atoms with van der Waals surface area (Å²) in [6.07, 6.45) is 4.45. The fraction of sp³-hybridized carbons (Fsp3) is 0.909. The van der Waals surface area contributed by atoms with Crippen molar-refractivity contribution in [2.75, 3.05) is 0 Å². The van der Waals surface area contributed by atoms with Gasteiger partial charge in [0.25, 0.3) is 0 Å². The molecule has 4 atom stereocenters. The molecule has 0 aliphatic carbocycles. The van der Waals surface area contributed by atoms with Crippen LogP contribution in [0.5, 0.6) is 0 Å². The van der Waals surface area contributed by atoms with Gasteiger partial charge in [0.15, 0.2) is 0 Å². The van der Waals surface area contributed by atoms with Gasteiger partial charge in [0, 0.05) is 0 Å². The van der Waals surface area contributed by atoms with Crippen LogP contribution < -0.4 is 0 Å². The molecule has 0 radical (unpaired) electrons. The van der Waals surface area contributed by atoms with Gasteiger partial charge in [-0.3, -0.25) is 4.79 Å². The third kappa shape index (κ3) is 1.87. The lowest BCUT2D eigenvalue weighted by Crippen LogP contribution is -2.17. The average Bonchev–Trinajstić information content (AvgIpc) is 2.16. The van der Waals surface area contributed by atoms with Crippen LogP contribution in [0.4, 0.5) is 0 Å². The molecule has 0 saturated carbocycles. The average molecular weight is 182 g/mol. The van der Waals surface area contributed by atoms with Crippen molar-refractivity contribution in [3.8, 4) is 0 Å². The molecule has 2 aliphatic rings. The van der Waals surface area contributed by atoms with Crippen molar-refractivity contribution in [3.63, 3.8) is 0 Å². The number of esters is 1. The summed E-state index contributed by atoms with van der Waals surface area (Å²) in [6.45, 7) is 4.47. The molecule has 2 unspecified atom stereocenters. The molecule has 0 spiro atoms. The largest absolute Gasteiger partial charge is 0.462 e. The Bertz CT molecular complexity index is 198. The minimum absolute atomic E-state index is 0.0682. The predicted molar refractivity (Wildman–Crippen MR) is 50.2 cm³/mol. The van der Waals surface area contributed by atoms with Crippen LogP contribution in [0.3, 0.4) is 0 Å². The van der Waals surface area contributed by atoms with Crippen LogP contribution in [0.15, 0.2) is 0 Å². The zero-order valence-electron chi connectivity index (χ0n) is 8.45. The monoisotopic (exact) mass is 182 g/mol. The fourth-order valence-electron chi connectivity index (χ4n) is 2.80. The molecule has 0 aromatic rings. The highest BCUT2D eigenvalue weighted by atomic mass is 16.5. The predicted octanol–water partition coefficient (Wildman–Crippen LogP) is 2.37. The Hall–Kier alpha value is -0.530. The Labute approximate surface area is 79.7 Å². The maximum absolute atomic E-state index is 11.6. The molecule has 2 aliphatic heterocycles. The van der Waals surface area contributed by atoms with E-state index < -0.39 is 0 Å². The van der Waals surface area contributed by atoms with Gasteiger partial charge in [-0.25, -0.2) is 0 Å². The normalized spacial score (nSPS) is 45.2. The van der Waals surface area contributed by atoms with Crippen molar-refractivity contribution in [2.45, 2.75) is 45.6 Å². The smallest absolute Gasteiger partial charge is 0.309 e. The number of rotatable bonds is 0. The minimum Gasteiger partial charge on any atom is -0.462 e. The molecule has 74 valence electrons. The zero-order valence-corrected chi connectivity index (χ0v) is 8.45. The van der Waals surface area contributed by atoms with Crippen LogP contribution in [0.1, 0.15) is 39.5 Å². The highest BCUT2D eigenvalue weighted by molar-refractivity contribution is 5.73. The van der Waals surface area contributed by atoms with Crippen molar-refractivity contribution in [1.29, 1.82) is 0 Å². The van der Waals surface area contributed by atoms with Crippen LogP contribution >= 0.6 is 0 Å². The van der Waals surface area contributed by atoms with E-state index in [-0.39, 0.29) is 18.0 Å². The number of carbonyl (C=O) groups excluding carboxylic acids is 1. The molecule has 13 heavy (non-hydrogen) atoms. The summed E-state index contributed by atoms with van der Waals surface area (Å²) in [7, 11) is 0. The summed E-state index contributed by atoms with van der Waals surface area (Å²) in [5, 5.41) is 0. The van der Waals surface area contributed by atoms with Crippen molar-refractivity contribution < 1.29 is 9.53 Å². The van der Waals surface area contributed by atoms with E-state index in [1.54, 1.807) is 0 Å². The van der Waals surface area contributed by atoms with E-state index in [2.05, 4.69) is 13.8 Å². The molecule has 2 fully saturated rings. The Morgan fingerprint density at radius 3 is 2.15 bits per heavy atom. The van der Waals surface area contributed by atoms with E-state index in [0.29, 0.717) is 11.8 Å². The van der Waals surface area contributed by atoms with Crippen molar-refractivity contribution in [2.24, 2.45) is 17.8 Å². The third-order valence-corrected chi connectivity index (χ3v) is 3.32. The van der Waals surface area contributed by atoms with Gasteiger partial charge in [-0.15, -0.1) is 0 Å². The number of fused-ring (bicyclic) bond motifs is 3. The van der Waals surface area contributed by atoms with Crippen LogP contribution in [0, 0.1) is 17.8 Å². The van der Waals surface area contributed by atoms with Gasteiger partial charge in [0.05, 0.1) is 5.92 Å². The number of ether oxygens (including phenoxy) is 1. The molecular formula is C11H18O2. The van der Waals surface area contributed by atoms with Crippen LogP contribution in [0.25, 0.3) is 0 Å². The van der Waals surface area contributed by atoms with Gasteiger partial charge < -0.3 is 4.74 Å². The molecule has 0 amide bonds. The van der Waals surface area contributed by atoms with Crippen LogP contribution in [0.2, 0.25) is 0 Å². The molecular weight excluding hydrogens is 164 g/mol. The van der Waals surface area contributed by atoms with E-state index >= 15 is 0 Å². The molecule has 2 heteroatoms. The Morgan fingerprint density at radius 2 is 1.62 bits per heavy atom. The van der Waals surface area contributed by atoms with E-state index in [9.17, 15) is 4.79 Å². The highest BCUT2D eigenvalue weighted by Gasteiger charge is 2.36. The molecule has 2 heterocycles. The molecule has 2 rings (SSSR count). The summed E-state index contributed by atoms with van der Waals surface area (Å²) in [5.41, 5.74) is 0. The van der Waals surface area contributed by atoms with E-state index in [0.717, 1.165) is 25.7 Å². The van der Waals surface area contributed by atoms with Crippen LogP contribution in [-0.4, -0.2) is 12.1 Å². The summed E-state index contributed by atoms with van der Waals surface area (Å²) in [6, 6.07) is 0. The SMILES string of the molecule is C[C@@H]1CC2C[C@H](C)CC(C1)C(=O)O2. The fourth-order valence-corrected chi connectivity index (χ4v) is 2.80. The zero-order chi connectivity index (χ0) is 9.42. The Balaban J connectivity index is 2.18. The van der Waals surface area contributed by atoms with Crippen molar-refractivity contribution in [1.82, 2.24) is 0 Å². The number of hydrogen-bond donors (Lipinski definition) is 0. The lowest BCUT2D eigenvalue weighted by Gasteiger charge is -2.22. The Morgan fingerprint density at radius 1 is 1.08 bits per heavy atom. The quantitative estimate of drug-likeness (QED) is 0.538. The maximum Gasteiger partial charge on any atom is 0.309 e. The first-order valence-electron chi connectivity index (χ1n) is 5.35. The second-order valence-corrected chi connectivity index (χ2v) is 4.91. The minimum atomic E-state index is 0.0682. The first-order valence-corrected chi connectivity index (χ1v) is 5.35. The first-order chi connectivity index (χ1) is 6.15. The molecule has 0 N–H and O–H groups in total. The van der Waals surface area contributed by atoms with E-state index in [1.165, 1.54) is 0 Å². The maximum atomic E-state index is 11.6. The summed E-state index contributed by atoms with van der Waals surface area (Å²) in [4.78, 5) is 11.6. The first kappa shape index (κ1) is 9.04. The molecule has 0 aromatic heterocycles. The Kier molecular flexibility index (Phi) is 2.31. The topological polar surface area (TPSA) is 26.3 Å². The van der Waals surface area contributed by atoms with Gasteiger partial charge >= 0.3 is 5.97 Å². The van der Waals surface area contributed by atoms with Crippen molar-refractivity contribution >= 4 is 5.97 Å². The summed E-state index contributed by atoms with van der Waals surface area (Å²) in [5.74, 6) is 1.58. The summed E-state index contributed by atoms with van der Waals surface area (Å²) >= 11 is 0. The molecule has 0 aromatic carbocycles. The number of carbonyl (C=O) groups is 1. The van der Waals surface area contributed by atoms with E-state index in [4.69, 9.17) is 4.74 Å². The third-order valence-electron chi connectivity index (χ3n) is 3.32. The van der Waals surface area contributed by atoms with Gasteiger partial charge in [-0.2, -0.15) is 0 Å². The van der Waals surface area contributed by atoms with E-state index in [1.807, 2.05) is 0 Å². The van der Waals surface area contributed by atoms with Gasteiger partial charge in [-0.1, -0.05) is 13.8 Å². The van der Waals surface area contributed by atoms with Crippen molar-refractivity contribution in [3.05, 3.63) is 0 Å². The highest BCUT2D eigenvalue weighted by Crippen LogP contribution is 2.36. The molecule has 2 bridgehead atoms. The second-order valence-electron chi connectivity index (χ2n) is 4.91. The van der Waals surface area contributed by atoms with Crippen LogP contribution in [-0.2, 0) is 9.53 Å². The number of hydrogen-bond acceptors (Lipinski definition) is 2. The lowest BCUT2D eigenvalue weighted by molar-refractivity contribution is -0.151. The standard InChI is InChI=1S/C11H18O2/c1-7-3-9-4-8(2)6-10(5-7)13-11(9)12/h7-10H,3-6H2,1-2H3/t7-,8+,9?,10?. The summed E-state index contributed by atoms with van der Waals surface area (Å²) < 4.78 is 5.44. The second kappa shape index (κ2) is 3.32.